The molecule has 6 nitrogen and oxygen atoms in total. The molecule has 0 aliphatic rings. The van der Waals surface area contributed by atoms with Crippen LogP contribution >= 0.6 is 11.6 Å². The van der Waals surface area contributed by atoms with Crippen molar-refractivity contribution in [2.45, 2.75) is 6.18 Å². The molecule has 0 radical (unpaired) electrons. The van der Waals surface area contributed by atoms with Crippen LogP contribution in [0.5, 0.6) is 5.75 Å². The fraction of sp³-hybridized carbons (Fsp3) is 0.375. The molecule has 1 amide bonds. The number of anilines is 1. The van der Waals surface area contributed by atoms with E-state index < -0.39 is 23.3 Å². The molecule has 1 N–H and O–H groups in total. The van der Waals surface area contributed by atoms with Crippen LogP contribution in [-0.4, -0.2) is 47.8 Å². The van der Waals surface area contributed by atoms with Crippen molar-refractivity contribution in [3.63, 3.8) is 0 Å². The van der Waals surface area contributed by atoms with Crippen molar-refractivity contribution in [3.05, 3.63) is 40.7 Å². The lowest BCUT2D eigenvalue weighted by atomic mass is 10.2. The molecule has 0 bridgehead atoms. The standard InChI is InChI=1S/C16H18ClF3N4O2/c1-23(2)6-7-26-13-5-4-10(8-12(13)17)21-15(25)11-9-24(3)22-14(11)16(18,19)20/h4-5,8-9H,6-7H2,1-3H3,(H,21,25). The Morgan fingerprint density at radius 3 is 2.65 bits per heavy atom. The first-order valence-electron chi connectivity index (χ1n) is 7.57. The minimum Gasteiger partial charge on any atom is -0.491 e. The number of carbonyl (C=O) groups is 1. The summed E-state index contributed by atoms with van der Waals surface area (Å²) >= 11 is 6.10. The van der Waals surface area contributed by atoms with Crippen LogP contribution in [0.3, 0.4) is 0 Å². The average molecular weight is 391 g/mol. The number of benzene rings is 1. The molecule has 26 heavy (non-hydrogen) atoms. The SMILES string of the molecule is CN(C)CCOc1ccc(NC(=O)c2cn(C)nc2C(F)(F)F)cc1Cl. The van der Waals surface area contributed by atoms with Crippen molar-refractivity contribution in [1.29, 1.82) is 0 Å². The zero-order valence-corrected chi connectivity index (χ0v) is 15.1. The maximum Gasteiger partial charge on any atom is 0.435 e. The summed E-state index contributed by atoms with van der Waals surface area (Å²) in [6.45, 7) is 1.11. The number of aromatic nitrogens is 2. The fourth-order valence-electron chi connectivity index (χ4n) is 2.10. The molecule has 0 atom stereocenters. The Kier molecular flexibility index (Phi) is 6.14. The van der Waals surface area contributed by atoms with Crippen LogP contribution in [-0.2, 0) is 13.2 Å². The average Bonchev–Trinajstić information content (AvgIpc) is 2.91. The highest BCUT2D eigenvalue weighted by molar-refractivity contribution is 6.32. The van der Waals surface area contributed by atoms with Crippen LogP contribution in [0.15, 0.2) is 24.4 Å². The Morgan fingerprint density at radius 1 is 1.38 bits per heavy atom. The maximum atomic E-state index is 13.0. The summed E-state index contributed by atoms with van der Waals surface area (Å²) in [5.41, 5.74) is -1.56. The summed E-state index contributed by atoms with van der Waals surface area (Å²) in [6.07, 6.45) is -3.71. The Labute approximate surface area is 153 Å². The molecule has 0 spiro atoms. The Balaban J connectivity index is 2.12. The monoisotopic (exact) mass is 390 g/mol. The number of rotatable bonds is 6. The van der Waals surface area contributed by atoms with Crippen molar-refractivity contribution in [1.82, 2.24) is 14.7 Å². The number of aryl methyl sites for hydroxylation is 1. The Bertz CT molecular complexity index is 790. The second-order valence-electron chi connectivity index (χ2n) is 5.81. The highest BCUT2D eigenvalue weighted by atomic mass is 35.5. The van der Waals surface area contributed by atoms with E-state index in [-0.39, 0.29) is 10.7 Å². The third kappa shape index (κ3) is 5.12. The van der Waals surface area contributed by atoms with Crippen molar-refractivity contribution in [2.75, 3.05) is 32.6 Å². The molecular weight excluding hydrogens is 373 g/mol. The van der Waals surface area contributed by atoms with E-state index in [1.54, 1.807) is 6.07 Å². The molecule has 2 rings (SSSR count). The van der Waals surface area contributed by atoms with E-state index in [9.17, 15) is 18.0 Å². The van der Waals surface area contributed by atoms with Crippen molar-refractivity contribution < 1.29 is 22.7 Å². The number of amides is 1. The number of nitrogens with one attached hydrogen (secondary N) is 1. The van der Waals surface area contributed by atoms with Crippen LogP contribution in [0, 0.1) is 0 Å². The van der Waals surface area contributed by atoms with Crippen LogP contribution in [0.1, 0.15) is 16.1 Å². The van der Waals surface area contributed by atoms with Gasteiger partial charge in [0.2, 0.25) is 0 Å². The number of hydrogen-bond donors (Lipinski definition) is 1. The lowest BCUT2D eigenvalue weighted by Crippen LogP contribution is -2.19. The second-order valence-corrected chi connectivity index (χ2v) is 6.22. The van der Waals surface area contributed by atoms with Gasteiger partial charge in [-0.25, -0.2) is 0 Å². The minimum absolute atomic E-state index is 0.240. The number of alkyl halides is 3. The summed E-state index contributed by atoms with van der Waals surface area (Å²) < 4.78 is 45.3. The highest BCUT2D eigenvalue weighted by Gasteiger charge is 2.39. The first-order chi connectivity index (χ1) is 12.1. The molecular formula is C16H18ClF3N4O2. The zero-order valence-electron chi connectivity index (χ0n) is 14.4. The van der Waals surface area contributed by atoms with E-state index in [1.807, 2.05) is 19.0 Å². The molecule has 1 aromatic carbocycles. The predicted molar refractivity (Wildman–Crippen MR) is 91.7 cm³/mol. The lowest BCUT2D eigenvalue weighted by Gasteiger charge is -2.13. The zero-order chi connectivity index (χ0) is 19.5. The normalized spacial score (nSPS) is 11.7. The van der Waals surface area contributed by atoms with Crippen LogP contribution in [0.2, 0.25) is 5.02 Å². The summed E-state index contributed by atoms with van der Waals surface area (Å²) in [5, 5.41) is 5.93. The summed E-state index contributed by atoms with van der Waals surface area (Å²) in [7, 11) is 5.11. The number of ether oxygens (including phenoxy) is 1. The van der Waals surface area contributed by atoms with E-state index in [0.29, 0.717) is 18.9 Å². The van der Waals surface area contributed by atoms with Crippen LogP contribution < -0.4 is 10.1 Å². The van der Waals surface area contributed by atoms with Gasteiger partial charge in [0.15, 0.2) is 5.69 Å². The van der Waals surface area contributed by atoms with E-state index in [4.69, 9.17) is 16.3 Å². The molecule has 1 aromatic heterocycles. The van der Waals surface area contributed by atoms with Crippen molar-refractivity contribution in [3.8, 4) is 5.75 Å². The quantitative estimate of drug-likeness (QED) is 0.822. The number of hydrogen-bond acceptors (Lipinski definition) is 4. The van der Waals surface area contributed by atoms with Gasteiger partial charge in [0.1, 0.15) is 12.4 Å². The summed E-state index contributed by atoms with van der Waals surface area (Å²) in [4.78, 5) is 14.1. The van der Waals surface area contributed by atoms with Crippen LogP contribution in [0.4, 0.5) is 18.9 Å². The number of nitrogens with zero attached hydrogens (tertiary/aromatic N) is 3. The molecule has 0 aliphatic heterocycles. The van der Waals surface area contributed by atoms with Gasteiger partial charge in [0, 0.05) is 25.5 Å². The van der Waals surface area contributed by atoms with E-state index >= 15 is 0 Å². The minimum atomic E-state index is -4.73. The van der Waals surface area contributed by atoms with Crippen LogP contribution in [0.25, 0.3) is 0 Å². The largest absolute Gasteiger partial charge is 0.491 e. The summed E-state index contributed by atoms with van der Waals surface area (Å²) in [6, 6.07) is 4.45. The molecule has 142 valence electrons. The highest BCUT2D eigenvalue weighted by Crippen LogP contribution is 2.32. The van der Waals surface area contributed by atoms with Crippen molar-refractivity contribution >= 4 is 23.2 Å². The van der Waals surface area contributed by atoms with Gasteiger partial charge in [-0.2, -0.15) is 18.3 Å². The predicted octanol–water partition coefficient (Wildman–Crippen LogP) is 3.29. The molecule has 0 saturated carbocycles. The summed E-state index contributed by atoms with van der Waals surface area (Å²) in [5.74, 6) is -0.508. The molecule has 0 unspecified atom stereocenters. The van der Waals surface area contributed by atoms with Gasteiger partial charge in [-0.05, 0) is 32.3 Å². The molecule has 10 heteroatoms. The second kappa shape index (κ2) is 7.96. The Morgan fingerprint density at radius 2 is 2.08 bits per heavy atom. The number of likely N-dealkylation sites (N-methyl/N-ethyl adjacent to an activating group) is 1. The van der Waals surface area contributed by atoms with E-state index in [1.165, 1.54) is 19.2 Å². The lowest BCUT2D eigenvalue weighted by molar-refractivity contribution is -0.141. The van der Waals surface area contributed by atoms with E-state index in [2.05, 4.69) is 10.4 Å². The molecule has 0 fully saturated rings. The molecule has 2 aromatic rings. The third-order valence-electron chi connectivity index (χ3n) is 3.33. The van der Waals surface area contributed by atoms with E-state index in [0.717, 1.165) is 10.9 Å². The third-order valence-corrected chi connectivity index (χ3v) is 3.62. The molecule has 0 aliphatic carbocycles. The molecule has 0 saturated heterocycles. The first-order valence-corrected chi connectivity index (χ1v) is 7.95. The topological polar surface area (TPSA) is 59.4 Å². The van der Waals surface area contributed by atoms with Gasteiger partial charge in [-0.3, -0.25) is 9.48 Å². The first kappa shape index (κ1) is 20.1. The fourth-order valence-corrected chi connectivity index (χ4v) is 2.33. The number of carbonyl (C=O) groups excluding carboxylic acids is 1. The van der Waals surface area contributed by atoms with Crippen molar-refractivity contribution in [2.24, 2.45) is 7.05 Å². The van der Waals surface area contributed by atoms with Gasteiger partial charge in [0.05, 0.1) is 10.6 Å². The maximum absolute atomic E-state index is 13.0. The Hall–Kier alpha value is -2.26. The molecule has 1 heterocycles. The number of halogens is 4. The van der Waals surface area contributed by atoms with Gasteiger partial charge in [0.25, 0.3) is 5.91 Å². The van der Waals surface area contributed by atoms with Gasteiger partial charge in [-0.15, -0.1) is 0 Å². The van der Waals surface area contributed by atoms with Gasteiger partial charge >= 0.3 is 6.18 Å². The van der Waals surface area contributed by atoms with Gasteiger partial charge < -0.3 is 15.0 Å². The van der Waals surface area contributed by atoms with Gasteiger partial charge in [-0.1, -0.05) is 11.6 Å². The smallest absolute Gasteiger partial charge is 0.435 e.